The number of halogens is 2. The van der Waals surface area contributed by atoms with Crippen LogP contribution < -0.4 is 0 Å². The quantitative estimate of drug-likeness (QED) is 0.422. The van der Waals surface area contributed by atoms with Crippen molar-refractivity contribution in [2.45, 2.75) is 0 Å². The van der Waals surface area contributed by atoms with Crippen LogP contribution in [0.15, 0.2) is 0 Å². The van der Waals surface area contributed by atoms with Gasteiger partial charge in [-0.2, -0.15) is 0 Å². The third-order valence-electron chi connectivity index (χ3n) is 0. The zero-order valence-corrected chi connectivity index (χ0v) is 5.17. The summed E-state index contributed by atoms with van der Waals surface area (Å²) < 4.78 is 19.1. The summed E-state index contributed by atoms with van der Waals surface area (Å²) in [4.78, 5) is 0. The third kappa shape index (κ3) is 9.58. The average molecular weight is 134 g/mol. The van der Waals surface area contributed by atoms with Gasteiger partial charge in [0, 0.05) is 0 Å². The normalized spacial score (nSPS) is 2.75. The van der Waals surface area contributed by atoms with Gasteiger partial charge < -0.3 is 0 Å². The second kappa shape index (κ2) is 23.7. The molecule has 0 saturated heterocycles. The first-order valence-corrected chi connectivity index (χ1v) is 1.67. The molecule has 0 nitrogen and oxygen atoms in total. The molecule has 0 atom stereocenters. The fraction of sp³-hybridized carbons (Fsp3) is 0. The molecule has 0 aromatic rings. The first kappa shape index (κ1) is 9.12. The zero-order valence-electron chi connectivity index (χ0n) is 2.33. The van der Waals surface area contributed by atoms with Gasteiger partial charge in [0.25, 0.3) is 0 Å². The van der Waals surface area contributed by atoms with Crippen LogP contribution >= 0.6 is 0 Å². The Labute approximate surface area is 54.7 Å². The molecular formula is F2LiY. The molecule has 0 bridgehead atoms. The average Bonchev–Trinajstić information content (AvgIpc) is 1.50. The molecule has 0 radical (unpaired) electrons. The fourth-order valence-corrected chi connectivity index (χ4v) is 0. The van der Waals surface area contributed by atoms with Crippen LogP contribution in [0.25, 0.3) is 0 Å². The van der Waals surface area contributed by atoms with Crippen LogP contribution in [0.3, 0.4) is 0 Å². The molecule has 0 saturated carbocycles. The van der Waals surface area contributed by atoms with Crippen molar-refractivity contribution in [3.8, 4) is 0 Å². The Bertz CT molecular complexity index is 6.00. The first-order chi connectivity index (χ1) is 2.00. The van der Waals surface area contributed by atoms with Crippen molar-refractivity contribution in [2.24, 2.45) is 0 Å². The molecular weight excluding hydrogens is 134 g/mol. The molecule has 18 valence electrons. The predicted octanol–water partition coefficient (Wildman–Crippen LogP) is 0.457. The fourth-order valence-electron chi connectivity index (χ4n) is 0. The van der Waals surface area contributed by atoms with E-state index < -0.39 is 0 Å². The molecule has 0 aliphatic heterocycles. The second-order valence-corrected chi connectivity index (χ2v) is 0. The Morgan fingerprint density at radius 1 is 1.25 bits per heavy atom. The van der Waals surface area contributed by atoms with E-state index in [4.69, 9.17) is 0 Å². The molecule has 0 aliphatic carbocycles. The van der Waals surface area contributed by atoms with Crippen molar-refractivity contribution in [1.82, 2.24) is 0 Å². The predicted molar refractivity (Wildman–Crippen MR) is 7.97 cm³/mol. The van der Waals surface area contributed by atoms with Crippen LogP contribution in [0.1, 0.15) is 0 Å². The van der Waals surface area contributed by atoms with Gasteiger partial charge >= 0.3 is 55.2 Å². The van der Waals surface area contributed by atoms with E-state index in [-0.39, 0.29) is 31.7 Å². The van der Waals surface area contributed by atoms with Gasteiger partial charge in [-0.3, -0.25) is 0 Å². The topological polar surface area (TPSA) is 0 Å². The van der Waals surface area contributed by atoms with Crippen LogP contribution in [0, 0.1) is 0 Å². The Morgan fingerprint density at radius 3 is 1.25 bits per heavy atom. The molecule has 0 unspecified atom stereocenters. The van der Waals surface area contributed by atoms with Crippen LogP contribution in [0.2, 0.25) is 0 Å². The van der Waals surface area contributed by atoms with Crippen molar-refractivity contribution in [1.29, 1.82) is 0 Å². The van der Waals surface area contributed by atoms with Crippen molar-refractivity contribution >= 4 is 18.2 Å². The van der Waals surface area contributed by atoms with Crippen molar-refractivity contribution in [3.05, 3.63) is 0 Å². The summed E-state index contributed by atoms with van der Waals surface area (Å²) >= 11 is 0.350. The molecule has 0 fully saturated rings. The summed E-state index contributed by atoms with van der Waals surface area (Å²) in [5.74, 6) is 0. The van der Waals surface area contributed by atoms with Crippen LogP contribution in [0.4, 0.5) is 5.30 Å². The minimum absolute atomic E-state index is 0.150. The Balaban J connectivity index is 0. The number of hydrogen-bond donors (Lipinski definition) is 0. The molecule has 0 aromatic heterocycles. The maximum atomic E-state index is 9.63. The SMILES string of the molecule is [F][Y].[Li][F]. The molecule has 0 N–H and O–H groups in total. The number of rotatable bonds is 0. The van der Waals surface area contributed by atoms with Gasteiger partial charge in [-0.05, 0) is 0 Å². The van der Waals surface area contributed by atoms with E-state index >= 15 is 0 Å². The molecule has 0 rings (SSSR count). The van der Waals surface area contributed by atoms with E-state index in [9.17, 15) is 5.30 Å². The monoisotopic (exact) mass is 134 g/mol. The van der Waals surface area contributed by atoms with E-state index in [1.807, 2.05) is 0 Å². The van der Waals surface area contributed by atoms with Crippen LogP contribution in [-0.2, 0) is 31.7 Å². The Kier molecular flexibility index (Phi) is 54.1. The van der Waals surface area contributed by atoms with E-state index in [1.54, 1.807) is 0 Å². The van der Waals surface area contributed by atoms with Gasteiger partial charge in [-0.15, -0.1) is 0 Å². The summed E-state index contributed by atoms with van der Waals surface area (Å²) in [6, 6.07) is 0. The van der Waals surface area contributed by atoms with Gasteiger partial charge in [0.2, 0.25) is 0 Å². The summed E-state index contributed by atoms with van der Waals surface area (Å²) in [6.45, 7) is 0. The Hall–Kier alpha value is 1.56. The molecule has 0 spiro atoms. The van der Waals surface area contributed by atoms with Crippen molar-refractivity contribution < 1.29 is 37.0 Å². The molecule has 4 heavy (non-hydrogen) atoms. The summed E-state index contributed by atoms with van der Waals surface area (Å²) in [7, 11) is 0. The molecule has 0 heterocycles. The van der Waals surface area contributed by atoms with Gasteiger partial charge in [0.05, 0.1) is 0 Å². The minimum atomic E-state index is -0.150. The van der Waals surface area contributed by atoms with Gasteiger partial charge in [-0.25, -0.2) is 0 Å². The van der Waals surface area contributed by atoms with E-state index in [2.05, 4.69) is 0 Å². The molecule has 4 heteroatoms. The molecule has 0 aromatic carbocycles. The van der Waals surface area contributed by atoms with E-state index in [1.165, 1.54) is 0 Å². The summed E-state index contributed by atoms with van der Waals surface area (Å²) in [5.41, 5.74) is 0. The standard InChI is InChI=1S/2FH.Li.Y/h2*1H;;/q;;2*+1/p-2. The van der Waals surface area contributed by atoms with E-state index in [0.717, 1.165) is 0 Å². The zero-order chi connectivity index (χ0) is 4.00. The first-order valence-electron chi connectivity index (χ1n) is 0.596. The maximum absolute atomic E-state index is 9.63. The van der Waals surface area contributed by atoms with Gasteiger partial charge in [0.1, 0.15) is 0 Å². The van der Waals surface area contributed by atoms with Crippen molar-refractivity contribution in [3.63, 3.8) is 0 Å². The summed E-state index contributed by atoms with van der Waals surface area (Å²) in [6.07, 6.45) is 0. The van der Waals surface area contributed by atoms with Crippen LogP contribution in [0.5, 0.6) is 0 Å². The van der Waals surface area contributed by atoms with Gasteiger partial charge in [0.15, 0.2) is 0 Å². The van der Waals surface area contributed by atoms with E-state index in [0.29, 0.717) is 18.2 Å². The molecule has 0 amide bonds. The Morgan fingerprint density at radius 2 is 1.25 bits per heavy atom. The van der Waals surface area contributed by atoms with Crippen molar-refractivity contribution in [2.75, 3.05) is 0 Å². The van der Waals surface area contributed by atoms with Crippen LogP contribution in [-0.4, -0.2) is 18.2 Å². The van der Waals surface area contributed by atoms with Gasteiger partial charge in [-0.1, -0.05) is 0 Å². The number of hydrogen-bond acceptors (Lipinski definition) is 0. The third-order valence-corrected chi connectivity index (χ3v) is 0. The summed E-state index contributed by atoms with van der Waals surface area (Å²) in [5, 5.41) is 0. The second-order valence-electron chi connectivity index (χ2n) is 0. The molecule has 0 aliphatic rings.